The van der Waals surface area contributed by atoms with E-state index in [9.17, 15) is 4.79 Å². The number of hydrogen-bond donors (Lipinski definition) is 2. The average molecular weight is 254 g/mol. The normalized spacial score (nSPS) is 26.1. The third kappa shape index (κ3) is 5.38. The van der Waals surface area contributed by atoms with Gasteiger partial charge in [0, 0.05) is 12.5 Å². The first-order chi connectivity index (χ1) is 8.52. The monoisotopic (exact) mass is 254 g/mol. The van der Waals surface area contributed by atoms with E-state index >= 15 is 0 Å². The number of nitrogens with one attached hydrogen (secondary N) is 1. The molecule has 0 aromatic carbocycles. The second kappa shape index (κ2) is 7.78. The second-order valence-corrected chi connectivity index (χ2v) is 6.39. The topological polar surface area (TPSA) is 55.1 Å². The summed E-state index contributed by atoms with van der Waals surface area (Å²) in [5, 5.41) is 3.21. The number of hydrogen-bond acceptors (Lipinski definition) is 2. The van der Waals surface area contributed by atoms with Gasteiger partial charge in [-0.3, -0.25) is 4.79 Å². The first-order valence-corrected chi connectivity index (χ1v) is 7.52. The molecule has 3 unspecified atom stereocenters. The molecule has 1 aliphatic rings. The van der Waals surface area contributed by atoms with Crippen molar-refractivity contribution < 1.29 is 4.79 Å². The molecule has 106 valence electrons. The average Bonchev–Trinajstić information content (AvgIpc) is 2.28. The SMILES string of the molecule is CC(C)CC(C)CC(=O)NC1CCCCC1CN. The minimum atomic E-state index is 0.216. The summed E-state index contributed by atoms with van der Waals surface area (Å²) in [6, 6.07) is 0.322. The maximum absolute atomic E-state index is 12.0. The molecule has 0 aromatic heterocycles. The Labute approximate surface area is 112 Å². The number of rotatable bonds is 6. The summed E-state index contributed by atoms with van der Waals surface area (Å²) in [7, 11) is 0. The molecular weight excluding hydrogens is 224 g/mol. The maximum Gasteiger partial charge on any atom is 0.220 e. The van der Waals surface area contributed by atoms with Crippen molar-refractivity contribution in [3.63, 3.8) is 0 Å². The van der Waals surface area contributed by atoms with E-state index in [1.54, 1.807) is 0 Å². The Kier molecular flexibility index (Phi) is 6.69. The minimum Gasteiger partial charge on any atom is -0.353 e. The van der Waals surface area contributed by atoms with Gasteiger partial charge in [0.05, 0.1) is 0 Å². The Hall–Kier alpha value is -0.570. The van der Waals surface area contributed by atoms with Crippen LogP contribution in [0.25, 0.3) is 0 Å². The lowest BCUT2D eigenvalue weighted by atomic mass is 9.84. The van der Waals surface area contributed by atoms with E-state index in [0.717, 1.165) is 12.8 Å². The minimum absolute atomic E-state index is 0.216. The van der Waals surface area contributed by atoms with Gasteiger partial charge in [0.25, 0.3) is 0 Å². The molecule has 3 nitrogen and oxygen atoms in total. The van der Waals surface area contributed by atoms with Crippen molar-refractivity contribution in [1.82, 2.24) is 5.32 Å². The van der Waals surface area contributed by atoms with Gasteiger partial charge in [-0.25, -0.2) is 0 Å². The molecule has 18 heavy (non-hydrogen) atoms. The molecule has 0 radical (unpaired) electrons. The van der Waals surface area contributed by atoms with Crippen LogP contribution in [0.5, 0.6) is 0 Å². The van der Waals surface area contributed by atoms with Gasteiger partial charge in [-0.05, 0) is 43.6 Å². The highest BCUT2D eigenvalue weighted by Crippen LogP contribution is 2.24. The highest BCUT2D eigenvalue weighted by molar-refractivity contribution is 5.76. The predicted octanol–water partition coefficient (Wildman–Crippen LogP) is 2.69. The van der Waals surface area contributed by atoms with Crippen molar-refractivity contribution in [2.24, 2.45) is 23.5 Å². The summed E-state index contributed by atoms with van der Waals surface area (Å²) in [6.07, 6.45) is 6.54. The van der Waals surface area contributed by atoms with Gasteiger partial charge in [0.2, 0.25) is 5.91 Å². The zero-order valence-electron chi connectivity index (χ0n) is 12.2. The van der Waals surface area contributed by atoms with Crippen molar-refractivity contribution in [3.05, 3.63) is 0 Å². The Morgan fingerprint density at radius 2 is 1.94 bits per heavy atom. The van der Waals surface area contributed by atoms with Gasteiger partial charge in [-0.2, -0.15) is 0 Å². The van der Waals surface area contributed by atoms with Gasteiger partial charge in [-0.1, -0.05) is 33.6 Å². The summed E-state index contributed by atoms with van der Waals surface area (Å²) in [5.74, 6) is 1.85. The van der Waals surface area contributed by atoms with Crippen LogP contribution < -0.4 is 11.1 Å². The van der Waals surface area contributed by atoms with Crippen molar-refractivity contribution in [2.45, 2.75) is 65.3 Å². The van der Waals surface area contributed by atoms with Crippen molar-refractivity contribution in [3.8, 4) is 0 Å². The summed E-state index contributed by atoms with van der Waals surface area (Å²) in [4.78, 5) is 12.0. The third-order valence-corrected chi connectivity index (χ3v) is 3.97. The Bertz CT molecular complexity index is 253. The van der Waals surface area contributed by atoms with E-state index in [1.807, 2.05) is 0 Å². The lowest BCUT2D eigenvalue weighted by Crippen LogP contribution is -2.45. The molecule has 0 aromatic rings. The molecule has 0 bridgehead atoms. The van der Waals surface area contributed by atoms with E-state index in [-0.39, 0.29) is 5.91 Å². The van der Waals surface area contributed by atoms with Crippen molar-refractivity contribution >= 4 is 5.91 Å². The quantitative estimate of drug-likeness (QED) is 0.765. The zero-order valence-corrected chi connectivity index (χ0v) is 12.2. The highest BCUT2D eigenvalue weighted by Gasteiger charge is 2.25. The molecule has 0 heterocycles. The molecule has 3 atom stereocenters. The van der Waals surface area contributed by atoms with E-state index in [1.165, 1.54) is 19.3 Å². The Morgan fingerprint density at radius 1 is 1.28 bits per heavy atom. The lowest BCUT2D eigenvalue weighted by Gasteiger charge is -2.31. The summed E-state index contributed by atoms with van der Waals surface area (Å²) >= 11 is 0. The molecule has 1 fully saturated rings. The predicted molar refractivity (Wildman–Crippen MR) is 76.2 cm³/mol. The number of nitrogens with two attached hydrogens (primary N) is 1. The summed E-state index contributed by atoms with van der Waals surface area (Å²) in [6.45, 7) is 7.29. The second-order valence-electron chi connectivity index (χ2n) is 6.39. The van der Waals surface area contributed by atoms with Gasteiger partial charge >= 0.3 is 0 Å². The van der Waals surface area contributed by atoms with Crippen LogP contribution in [0.1, 0.15) is 59.3 Å². The fourth-order valence-electron chi connectivity index (χ4n) is 3.15. The van der Waals surface area contributed by atoms with Gasteiger partial charge in [0.1, 0.15) is 0 Å². The molecule has 1 saturated carbocycles. The molecule has 1 aliphatic carbocycles. The van der Waals surface area contributed by atoms with Crippen LogP contribution in [0, 0.1) is 17.8 Å². The number of carbonyl (C=O) groups excluding carboxylic acids is 1. The third-order valence-electron chi connectivity index (χ3n) is 3.97. The number of amides is 1. The summed E-state index contributed by atoms with van der Waals surface area (Å²) in [5.41, 5.74) is 5.79. The van der Waals surface area contributed by atoms with Gasteiger partial charge in [-0.15, -0.1) is 0 Å². The van der Waals surface area contributed by atoms with Crippen LogP contribution in [0.15, 0.2) is 0 Å². The van der Waals surface area contributed by atoms with Crippen LogP contribution in [-0.4, -0.2) is 18.5 Å². The van der Waals surface area contributed by atoms with Crippen LogP contribution >= 0.6 is 0 Å². The molecule has 1 amide bonds. The molecule has 0 aliphatic heterocycles. The Morgan fingerprint density at radius 3 is 2.56 bits per heavy atom. The number of carbonyl (C=O) groups is 1. The molecular formula is C15H30N2O. The van der Waals surface area contributed by atoms with Crippen LogP contribution in [-0.2, 0) is 4.79 Å². The molecule has 1 rings (SSSR count). The largest absolute Gasteiger partial charge is 0.353 e. The Balaban J connectivity index is 2.34. The molecule has 3 heteroatoms. The van der Waals surface area contributed by atoms with Crippen LogP contribution in [0.4, 0.5) is 0 Å². The zero-order chi connectivity index (χ0) is 13.5. The first-order valence-electron chi connectivity index (χ1n) is 7.52. The van der Waals surface area contributed by atoms with Crippen molar-refractivity contribution in [2.75, 3.05) is 6.54 Å². The van der Waals surface area contributed by atoms with Gasteiger partial charge < -0.3 is 11.1 Å². The fourth-order valence-corrected chi connectivity index (χ4v) is 3.15. The van der Waals surface area contributed by atoms with Crippen molar-refractivity contribution in [1.29, 1.82) is 0 Å². The molecule has 0 saturated heterocycles. The lowest BCUT2D eigenvalue weighted by molar-refractivity contribution is -0.123. The fraction of sp³-hybridized carbons (Fsp3) is 0.933. The van der Waals surface area contributed by atoms with Crippen LogP contribution in [0.2, 0.25) is 0 Å². The summed E-state index contributed by atoms with van der Waals surface area (Å²) < 4.78 is 0. The standard InChI is InChI=1S/C15H30N2O/c1-11(2)8-12(3)9-15(18)17-14-7-5-4-6-13(14)10-16/h11-14H,4-10,16H2,1-3H3,(H,17,18). The van der Waals surface area contributed by atoms with Crippen LogP contribution in [0.3, 0.4) is 0 Å². The van der Waals surface area contributed by atoms with E-state index < -0.39 is 0 Å². The smallest absolute Gasteiger partial charge is 0.220 e. The molecule has 0 spiro atoms. The maximum atomic E-state index is 12.0. The molecule has 3 N–H and O–H groups in total. The highest BCUT2D eigenvalue weighted by atomic mass is 16.1. The van der Waals surface area contributed by atoms with Gasteiger partial charge in [0.15, 0.2) is 0 Å². The van der Waals surface area contributed by atoms with E-state index in [0.29, 0.717) is 36.8 Å². The van der Waals surface area contributed by atoms with E-state index in [4.69, 9.17) is 5.73 Å². The first kappa shape index (κ1) is 15.5. The van der Waals surface area contributed by atoms with E-state index in [2.05, 4.69) is 26.1 Å².